The molecule has 0 amide bonds. The van der Waals surface area contributed by atoms with Crippen LogP contribution in [0.3, 0.4) is 0 Å². The molecule has 0 fully saturated rings. The van der Waals surface area contributed by atoms with Crippen LogP contribution >= 0.6 is 0 Å². The molecule has 0 radical (unpaired) electrons. The van der Waals surface area contributed by atoms with Gasteiger partial charge in [-0.05, 0) is 51.0 Å². The first kappa shape index (κ1) is 16.9. The Morgan fingerprint density at radius 2 is 1.73 bits per heavy atom. The Kier molecular flexibility index (Phi) is 3.91. The molecule has 0 saturated carbocycles. The molecule has 26 heavy (non-hydrogen) atoms. The van der Waals surface area contributed by atoms with Crippen molar-refractivity contribution in [1.29, 1.82) is 0 Å². The van der Waals surface area contributed by atoms with Gasteiger partial charge in [-0.15, -0.1) is 0 Å². The van der Waals surface area contributed by atoms with Crippen LogP contribution in [-0.4, -0.2) is 16.9 Å². The van der Waals surface area contributed by atoms with E-state index in [4.69, 9.17) is 4.99 Å². The number of aromatic amines is 1. The van der Waals surface area contributed by atoms with Crippen LogP contribution in [0.1, 0.15) is 56.5 Å². The first-order valence-corrected chi connectivity index (χ1v) is 9.36. The Morgan fingerprint density at radius 1 is 1.04 bits per heavy atom. The number of anilines is 1. The molecular weight excluding hydrogens is 318 g/mol. The van der Waals surface area contributed by atoms with Crippen LogP contribution in [0.25, 0.3) is 10.9 Å². The lowest BCUT2D eigenvalue weighted by Gasteiger charge is -2.27. The molecule has 0 aliphatic carbocycles. The molecule has 1 aliphatic rings. The van der Waals surface area contributed by atoms with Crippen LogP contribution in [0.2, 0.25) is 0 Å². The van der Waals surface area contributed by atoms with Crippen molar-refractivity contribution in [2.75, 3.05) is 4.90 Å². The second-order valence-electron chi connectivity index (χ2n) is 8.32. The molecule has 134 valence electrons. The Labute approximate surface area is 155 Å². The molecule has 2 aromatic carbocycles. The van der Waals surface area contributed by atoms with Crippen LogP contribution in [0.4, 0.5) is 5.69 Å². The third kappa shape index (κ3) is 2.72. The summed E-state index contributed by atoms with van der Waals surface area (Å²) in [7, 11) is 0. The summed E-state index contributed by atoms with van der Waals surface area (Å²) in [5.74, 6) is 0.393. The molecule has 3 heteroatoms. The van der Waals surface area contributed by atoms with Gasteiger partial charge in [-0.2, -0.15) is 0 Å². The van der Waals surface area contributed by atoms with Gasteiger partial charge in [0.15, 0.2) is 0 Å². The second-order valence-corrected chi connectivity index (χ2v) is 8.32. The quantitative estimate of drug-likeness (QED) is 0.450. The molecule has 0 spiro atoms. The molecule has 2 unspecified atom stereocenters. The van der Waals surface area contributed by atoms with Gasteiger partial charge in [0, 0.05) is 28.2 Å². The smallest absolute Gasteiger partial charge is 0.0907 e. The fourth-order valence-electron chi connectivity index (χ4n) is 4.03. The molecule has 3 nitrogen and oxygen atoms in total. The highest BCUT2D eigenvalue weighted by molar-refractivity contribution is 5.89. The van der Waals surface area contributed by atoms with Crippen molar-refractivity contribution in [3.8, 4) is 0 Å². The highest BCUT2D eigenvalue weighted by Crippen LogP contribution is 2.49. The lowest BCUT2D eigenvalue weighted by atomic mass is 9.93. The van der Waals surface area contributed by atoms with Crippen molar-refractivity contribution in [3.05, 3.63) is 65.4 Å². The highest BCUT2D eigenvalue weighted by Gasteiger charge is 2.38. The maximum absolute atomic E-state index is 4.82. The van der Waals surface area contributed by atoms with E-state index in [-0.39, 0.29) is 11.6 Å². The van der Waals surface area contributed by atoms with E-state index < -0.39 is 0 Å². The van der Waals surface area contributed by atoms with Gasteiger partial charge in [-0.3, -0.25) is 4.99 Å². The standard InChI is InChI=1S/C23H27N3/c1-15-17-10-6-8-12-19(17)25-21(15)22-16(2)18-11-7-9-13-20(18)26(22)14-24-23(3,4)5/h6-14,16,22,25H,1-5H3/b24-14+. The maximum Gasteiger partial charge on any atom is 0.0907 e. The van der Waals surface area contributed by atoms with Crippen molar-refractivity contribution in [2.45, 2.75) is 52.1 Å². The largest absolute Gasteiger partial charge is 0.356 e. The summed E-state index contributed by atoms with van der Waals surface area (Å²) >= 11 is 0. The summed E-state index contributed by atoms with van der Waals surface area (Å²) in [6.07, 6.45) is 2.04. The number of nitrogens with zero attached hydrogens (tertiary/aromatic N) is 2. The van der Waals surface area contributed by atoms with E-state index in [9.17, 15) is 0 Å². The molecule has 0 saturated heterocycles. The van der Waals surface area contributed by atoms with Crippen molar-refractivity contribution in [1.82, 2.24) is 4.98 Å². The first-order chi connectivity index (χ1) is 12.4. The van der Waals surface area contributed by atoms with Crippen molar-refractivity contribution in [3.63, 3.8) is 0 Å². The minimum absolute atomic E-state index is 0.0964. The van der Waals surface area contributed by atoms with E-state index in [0.717, 1.165) is 0 Å². The monoisotopic (exact) mass is 345 g/mol. The molecule has 4 rings (SSSR count). The topological polar surface area (TPSA) is 31.4 Å². The van der Waals surface area contributed by atoms with Crippen LogP contribution in [0.5, 0.6) is 0 Å². The summed E-state index contributed by atoms with van der Waals surface area (Å²) in [4.78, 5) is 10.9. The minimum Gasteiger partial charge on any atom is -0.356 e. The fourth-order valence-corrected chi connectivity index (χ4v) is 4.03. The third-order valence-electron chi connectivity index (χ3n) is 5.35. The molecule has 0 bridgehead atoms. The second kappa shape index (κ2) is 6.01. The summed E-state index contributed by atoms with van der Waals surface area (Å²) in [6.45, 7) is 11.0. The van der Waals surface area contributed by atoms with Gasteiger partial charge in [0.2, 0.25) is 0 Å². The maximum atomic E-state index is 4.82. The van der Waals surface area contributed by atoms with E-state index in [1.807, 2.05) is 6.34 Å². The summed E-state index contributed by atoms with van der Waals surface area (Å²) in [6, 6.07) is 17.5. The number of para-hydroxylation sites is 2. The number of H-pyrrole nitrogens is 1. The Bertz CT molecular complexity index is 975. The van der Waals surface area contributed by atoms with Gasteiger partial charge in [0.1, 0.15) is 0 Å². The van der Waals surface area contributed by atoms with Gasteiger partial charge >= 0.3 is 0 Å². The summed E-state index contributed by atoms with van der Waals surface area (Å²) in [5.41, 5.74) is 6.37. The predicted molar refractivity (Wildman–Crippen MR) is 111 cm³/mol. The first-order valence-electron chi connectivity index (χ1n) is 9.36. The Balaban J connectivity index is 1.87. The van der Waals surface area contributed by atoms with Gasteiger partial charge in [0.05, 0.1) is 17.9 Å². The van der Waals surface area contributed by atoms with Crippen LogP contribution < -0.4 is 4.90 Å². The van der Waals surface area contributed by atoms with Gasteiger partial charge in [-0.25, -0.2) is 0 Å². The Hall–Kier alpha value is -2.55. The molecular formula is C23H27N3. The molecule has 3 aromatic rings. The van der Waals surface area contributed by atoms with Crippen LogP contribution in [-0.2, 0) is 0 Å². The molecule has 1 N–H and O–H groups in total. The minimum atomic E-state index is -0.0964. The van der Waals surface area contributed by atoms with E-state index in [1.165, 1.54) is 33.4 Å². The zero-order valence-corrected chi connectivity index (χ0v) is 16.2. The average molecular weight is 345 g/mol. The average Bonchev–Trinajstić information content (AvgIpc) is 3.08. The van der Waals surface area contributed by atoms with Gasteiger partial charge in [0.25, 0.3) is 0 Å². The SMILES string of the molecule is Cc1c(C2C(C)c3ccccc3N2/C=N/C(C)(C)C)[nH]c2ccccc12. The number of hydrogen-bond acceptors (Lipinski definition) is 1. The number of benzene rings is 2. The summed E-state index contributed by atoms with van der Waals surface area (Å²) < 4.78 is 0. The number of fused-ring (bicyclic) bond motifs is 2. The summed E-state index contributed by atoms with van der Waals surface area (Å²) in [5, 5.41) is 1.30. The fraction of sp³-hybridized carbons (Fsp3) is 0.348. The van der Waals surface area contributed by atoms with Crippen molar-refractivity contribution < 1.29 is 0 Å². The van der Waals surface area contributed by atoms with Crippen molar-refractivity contribution >= 4 is 22.9 Å². The van der Waals surface area contributed by atoms with Gasteiger partial charge in [-0.1, -0.05) is 43.3 Å². The van der Waals surface area contributed by atoms with E-state index in [2.05, 4.69) is 93.0 Å². The number of rotatable bonds is 2. The number of hydrogen-bond donors (Lipinski definition) is 1. The number of aromatic nitrogens is 1. The van der Waals surface area contributed by atoms with E-state index >= 15 is 0 Å². The highest BCUT2D eigenvalue weighted by atomic mass is 15.2. The van der Waals surface area contributed by atoms with Crippen molar-refractivity contribution in [2.24, 2.45) is 4.99 Å². The number of nitrogens with one attached hydrogen (secondary N) is 1. The van der Waals surface area contributed by atoms with E-state index in [0.29, 0.717) is 5.92 Å². The predicted octanol–water partition coefficient (Wildman–Crippen LogP) is 5.97. The molecule has 1 aliphatic heterocycles. The Morgan fingerprint density at radius 3 is 2.46 bits per heavy atom. The lowest BCUT2D eigenvalue weighted by molar-refractivity contribution is 0.577. The normalized spacial score (nSPS) is 20.3. The molecule has 2 atom stereocenters. The zero-order valence-electron chi connectivity index (χ0n) is 16.2. The molecule has 2 heterocycles. The third-order valence-corrected chi connectivity index (χ3v) is 5.35. The lowest BCUT2D eigenvalue weighted by Crippen LogP contribution is -2.27. The van der Waals surface area contributed by atoms with Gasteiger partial charge < -0.3 is 9.88 Å². The van der Waals surface area contributed by atoms with Crippen LogP contribution in [0, 0.1) is 6.92 Å². The van der Waals surface area contributed by atoms with Crippen LogP contribution in [0.15, 0.2) is 53.5 Å². The van der Waals surface area contributed by atoms with E-state index in [1.54, 1.807) is 0 Å². The number of aryl methyl sites for hydroxylation is 1. The number of aliphatic imine (C=N–C) groups is 1. The zero-order chi connectivity index (χ0) is 18.5. The molecule has 1 aromatic heterocycles.